The SMILES string of the molecule is C[C@@H]1C(=O)N(CC(=O)O)C(c2ccccc2)CN1C. The molecule has 1 saturated heterocycles. The number of rotatable bonds is 3. The minimum atomic E-state index is -0.981. The molecule has 0 aliphatic carbocycles. The van der Waals surface area contributed by atoms with E-state index in [2.05, 4.69) is 0 Å². The number of piperazine rings is 1. The standard InChI is InChI=1S/C14H18N2O3/c1-10-14(19)16(9-13(17)18)12(8-15(10)2)11-6-4-3-5-7-11/h3-7,10,12H,8-9H2,1-2H3,(H,17,18)/t10-,12?/m1/s1. The summed E-state index contributed by atoms with van der Waals surface area (Å²) in [5.74, 6) is -1.11. The normalized spacial score (nSPS) is 24.5. The van der Waals surface area contributed by atoms with Crippen LogP contribution < -0.4 is 0 Å². The first kappa shape index (κ1) is 13.5. The number of amides is 1. The van der Waals surface area contributed by atoms with Gasteiger partial charge in [-0.05, 0) is 19.5 Å². The molecule has 0 aromatic heterocycles. The largest absolute Gasteiger partial charge is 0.480 e. The van der Waals surface area contributed by atoms with Gasteiger partial charge in [-0.3, -0.25) is 14.5 Å². The number of likely N-dealkylation sites (N-methyl/N-ethyl adjacent to an activating group) is 1. The predicted octanol–water partition coefficient (Wildman–Crippen LogP) is 0.975. The molecule has 1 amide bonds. The van der Waals surface area contributed by atoms with Crippen molar-refractivity contribution in [3.05, 3.63) is 35.9 Å². The third kappa shape index (κ3) is 2.76. The molecule has 0 radical (unpaired) electrons. The molecule has 1 heterocycles. The Labute approximate surface area is 112 Å². The highest BCUT2D eigenvalue weighted by atomic mass is 16.4. The third-order valence-electron chi connectivity index (χ3n) is 3.63. The topological polar surface area (TPSA) is 60.9 Å². The molecular weight excluding hydrogens is 244 g/mol. The summed E-state index contributed by atoms with van der Waals surface area (Å²) in [7, 11) is 1.89. The van der Waals surface area contributed by atoms with Crippen molar-refractivity contribution in [3.8, 4) is 0 Å². The smallest absolute Gasteiger partial charge is 0.323 e. The van der Waals surface area contributed by atoms with Gasteiger partial charge in [0.25, 0.3) is 0 Å². The number of carboxylic acid groups (broad SMARTS) is 1. The number of carbonyl (C=O) groups is 2. The van der Waals surface area contributed by atoms with Crippen molar-refractivity contribution >= 4 is 11.9 Å². The van der Waals surface area contributed by atoms with Crippen LogP contribution in [0, 0.1) is 0 Å². The number of nitrogens with zero attached hydrogens (tertiary/aromatic N) is 2. The first-order chi connectivity index (χ1) is 9.00. The Kier molecular flexibility index (Phi) is 3.85. The molecule has 0 spiro atoms. The van der Waals surface area contributed by atoms with Gasteiger partial charge in [-0.1, -0.05) is 30.3 Å². The minimum absolute atomic E-state index is 0.134. The van der Waals surface area contributed by atoms with Gasteiger partial charge in [0.05, 0.1) is 12.1 Å². The van der Waals surface area contributed by atoms with E-state index < -0.39 is 5.97 Å². The number of carbonyl (C=O) groups excluding carboxylic acids is 1. The fourth-order valence-corrected chi connectivity index (χ4v) is 2.41. The predicted molar refractivity (Wildman–Crippen MR) is 70.6 cm³/mol. The molecule has 1 fully saturated rings. The second-order valence-corrected chi connectivity index (χ2v) is 4.90. The van der Waals surface area contributed by atoms with E-state index >= 15 is 0 Å². The first-order valence-corrected chi connectivity index (χ1v) is 6.28. The van der Waals surface area contributed by atoms with Crippen LogP contribution in [0.1, 0.15) is 18.5 Å². The molecule has 1 aliphatic heterocycles. The number of hydrogen-bond donors (Lipinski definition) is 1. The molecule has 1 aromatic rings. The fourth-order valence-electron chi connectivity index (χ4n) is 2.41. The van der Waals surface area contributed by atoms with E-state index in [1.165, 1.54) is 4.90 Å². The Morgan fingerprint density at radius 1 is 1.37 bits per heavy atom. The van der Waals surface area contributed by atoms with Gasteiger partial charge in [0.2, 0.25) is 5.91 Å². The van der Waals surface area contributed by atoms with Crippen LogP contribution in [0.4, 0.5) is 0 Å². The highest BCUT2D eigenvalue weighted by Gasteiger charge is 2.37. The van der Waals surface area contributed by atoms with E-state index in [0.29, 0.717) is 6.54 Å². The van der Waals surface area contributed by atoms with Gasteiger partial charge in [0, 0.05) is 6.54 Å². The molecule has 19 heavy (non-hydrogen) atoms. The molecule has 0 bridgehead atoms. The minimum Gasteiger partial charge on any atom is -0.480 e. The molecule has 102 valence electrons. The zero-order valence-corrected chi connectivity index (χ0v) is 11.1. The molecule has 1 unspecified atom stereocenters. The van der Waals surface area contributed by atoms with E-state index in [4.69, 9.17) is 5.11 Å². The summed E-state index contributed by atoms with van der Waals surface area (Å²) in [6, 6.07) is 9.08. The van der Waals surface area contributed by atoms with Crippen LogP contribution in [-0.4, -0.2) is 53.0 Å². The molecular formula is C14H18N2O3. The quantitative estimate of drug-likeness (QED) is 0.882. The van der Waals surface area contributed by atoms with E-state index in [-0.39, 0.29) is 24.5 Å². The number of carboxylic acids is 1. The first-order valence-electron chi connectivity index (χ1n) is 6.28. The number of benzene rings is 1. The average Bonchev–Trinajstić information content (AvgIpc) is 2.40. The monoisotopic (exact) mass is 262 g/mol. The molecule has 0 saturated carbocycles. The molecule has 2 rings (SSSR count). The third-order valence-corrected chi connectivity index (χ3v) is 3.63. The lowest BCUT2D eigenvalue weighted by molar-refractivity contribution is -0.153. The van der Waals surface area contributed by atoms with Crippen molar-refractivity contribution in [1.29, 1.82) is 0 Å². The van der Waals surface area contributed by atoms with Gasteiger partial charge in [0.15, 0.2) is 0 Å². The second-order valence-electron chi connectivity index (χ2n) is 4.90. The average molecular weight is 262 g/mol. The van der Waals surface area contributed by atoms with Crippen molar-refractivity contribution in [3.63, 3.8) is 0 Å². The van der Waals surface area contributed by atoms with Crippen LogP contribution in [0.3, 0.4) is 0 Å². The Morgan fingerprint density at radius 2 is 2.00 bits per heavy atom. The molecule has 1 aliphatic rings. The lowest BCUT2D eigenvalue weighted by atomic mass is 9.99. The highest BCUT2D eigenvalue weighted by Crippen LogP contribution is 2.27. The van der Waals surface area contributed by atoms with Crippen LogP contribution in [0.2, 0.25) is 0 Å². The molecule has 1 N–H and O–H groups in total. The van der Waals surface area contributed by atoms with E-state index in [1.54, 1.807) is 6.92 Å². The summed E-state index contributed by atoms with van der Waals surface area (Å²) < 4.78 is 0. The number of hydrogen-bond acceptors (Lipinski definition) is 3. The molecule has 5 nitrogen and oxygen atoms in total. The van der Waals surface area contributed by atoms with Crippen molar-refractivity contribution in [2.75, 3.05) is 20.1 Å². The Morgan fingerprint density at radius 3 is 2.58 bits per heavy atom. The Hall–Kier alpha value is -1.88. The maximum absolute atomic E-state index is 12.3. The van der Waals surface area contributed by atoms with E-state index in [9.17, 15) is 9.59 Å². The summed E-state index contributed by atoms with van der Waals surface area (Å²) in [6.45, 7) is 2.19. The zero-order valence-electron chi connectivity index (χ0n) is 11.1. The van der Waals surface area contributed by atoms with E-state index in [0.717, 1.165) is 5.56 Å². The zero-order chi connectivity index (χ0) is 14.0. The van der Waals surface area contributed by atoms with Gasteiger partial charge in [-0.15, -0.1) is 0 Å². The van der Waals surface area contributed by atoms with Crippen LogP contribution in [0.15, 0.2) is 30.3 Å². The molecule has 2 atom stereocenters. The van der Waals surface area contributed by atoms with E-state index in [1.807, 2.05) is 42.3 Å². The van der Waals surface area contributed by atoms with Gasteiger partial charge in [-0.25, -0.2) is 0 Å². The maximum atomic E-state index is 12.3. The van der Waals surface area contributed by atoms with Crippen LogP contribution in [0.25, 0.3) is 0 Å². The van der Waals surface area contributed by atoms with Crippen LogP contribution in [-0.2, 0) is 9.59 Å². The van der Waals surface area contributed by atoms with Crippen LogP contribution in [0.5, 0.6) is 0 Å². The molecule has 5 heteroatoms. The maximum Gasteiger partial charge on any atom is 0.323 e. The van der Waals surface area contributed by atoms with Crippen molar-refractivity contribution in [1.82, 2.24) is 9.80 Å². The lowest BCUT2D eigenvalue weighted by Crippen LogP contribution is -2.56. The summed E-state index contributed by atoms with van der Waals surface area (Å²) in [6.07, 6.45) is 0. The van der Waals surface area contributed by atoms with Gasteiger partial charge < -0.3 is 10.0 Å². The van der Waals surface area contributed by atoms with Crippen molar-refractivity contribution < 1.29 is 14.7 Å². The Bertz CT molecular complexity index is 475. The van der Waals surface area contributed by atoms with Crippen LogP contribution >= 0.6 is 0 Å². The van der Waals surface area contributed by atoms with Crippen molar-refractivity contribution in [2.45, 2.75) is 19.0 Å². The summed E-state index contributed by atoms with van der Waals surface area (Å²) in [4.78, 5) is 26.7. The summed E-state index contributed by atoms with van der Waals surface area (Å²) >= 11 is 0. The molecule has 1 aromatic carbocycles. The van der Waals surface area contributed by atoms with Gasteiger partial charge >= 0.3 is 5.97 Å². The lowest BCUT2D eigenvalue weighted by Gasteiger charge is -2.42. The van der Waals surface area contributed by atoms with Gasteiger partial charge in [0.1, 0.15) is 6.54 Å². The van der Waals surface area contributed by atoms with Gasteiger partial charge in [-0.2, -0.15) is 0 Å². The fraction of sp³-hybridized carbons (Fsp3) is 0.429. The summed E-state index contributed by atoms with van der Waals surface area (Å²) in [5.41, 5.74) is 0.968. The second kappa shape index (κ2) is 5.40. The van der Waals surface area contributed by atoms with Crippen molar-refractivity contribution in [2.24, 2.45) is 0 Å². The Balaban J connectivity index is 2.32. The highest BCUT2D eigenvalue weighted by molar-refractivity contribution is 5.86. The summed E-state index contributed by atoms with van der Waals surface area (Å²) in [5, 5.41) is 8.99. The number of aliphatic carboxylic acids is 1.